The minimum absolute atomic E-state index is 0.237. The number of carbonyl (C=O) groups excluding carboxylic acids is 1. The topological polar surface area (TPSA) is 71.2 Å². The number of ether oxygens (including phenoxy) is 1. The molecule has 24 heavy (non-hydrogen) atoms. The summed E-state index contributed by atoms with van der Waals surface area (Å²) in [4.78, 5) is 27.1. The van der Waals surface area contributed by atoms with Gasteiger partial charge >= 0.3 is 0 Å². The van der Waals surface area contributed by atoms with Crippen LogP contribution in [0.25, 0.3) is 11.1 Å². The first-order chi connectivity index (χ1) is 11.7. The van der Waals surface area contributed by atoms with E-state index in [0.29, 0.717) is 22.6 Å². The van der Waals surface area contributed by atoms with Crippen molar-refractivity contribution in [3.8, 4) is 16.9 Å². The van der Waals surface area contributed by atoms with Crippen LogP contribution in [0.15, 0.2) is 71.7 Å². The Hall–Kier alpha value is -3.34. The van der Waals surface area contributed by atoms with E-state index in [9.17, 15) is 9.59 Å². The number of H-pyrrole nitrogens is 1. The van der Waals surface area contributed by atoms with Crippen molar-refractivity contribution in [3.05, 3.63) is 82.8 Å². The molecule has 0 spiro atoms. The Bertz CT molecular complexity index is 917. The summed E-state index contributed by atoms with van der Waals surface area (Å²) in [6, 6.07) is 17.9. The lowest BCUT2D eigenvalue weighted by molar-refractivity contribution is 0.102. The van der Waals surface area contributed by atoms with Gasteiger partial charge in [0, 0.05) is 23.5 Å². The summed E-state index contributed by atoms with van der Waals surface area (Å²) in [6.45, 7) is 0. The van der Waals surface area contributed by atoms with Crippen molar-refractivity contribution in [2.75, 3.05) is 12.4 Å². The maximum Gasteiger partial charge on any atom is 0.257 e. The van der Waals surface area contributed by atoms with E-state index in [1.54, 1.807) is 37.4 Å². The molecule has 3 rings (SSSR count). The summed E-state index contributed by atoms with van der Waals surface area (Å²) in [5.74, 6) is 0.343. The van der Waals surface area contributed by atoms with Crippen LogP contribution in [0.3, 0.4) is 0 Å². The van der Waals surface area contributed by atoms with Crippen LogP contribution in [0.2, 0.25) is 0 Å². The SMILES string of the molecule is COc1cccc(NC(=O)c2c[nH]c(=O)c(-c3ccccc3)c2)c1. The number of carbonyl (C=O) groups is 1. The summed E-state index contributed by atoms with van der Waals surface area (Å²) in [5.41, 5.74) is 1.96. The van der Waals surface area contributed by atoms with Gasteiger partial charge in [0.1, 0.15) is 5.75 Å². The summed E-state index contributed by atoms with van der Waals surface area (Å²) in [6.07, 6.45) is 1.41. The molecule has 0 fully saturated rings. The number of rotatable bonds is 4. The summed E-state index contributed by atoms with van der Waals surface area (Å²) in [7, 11) is 1.56. The quantitative estimate of drug-likeness (QED) is 0.775. The van der Waals surface area contributed by atoms with Crippen molar-refractivity contribution in [2.45, 2.75) is 0 Å². The molecule has 0 saturated carbocycles. The van der Waals surface area contributed by atoms with Crippen LogP contribution in [-0.4, -0.2) is 18.0 Å². The predicted octanol–water partition coefficient (Wildman–Crippen LogP) is 3.30. The molecule has 2 aromatic carbocycles. The van der Waals surface area contributed by atoms with Gasteiger partial charge in [-0.25, -0.2) is 0 Å². The second-order valence-electron chi connectivity index (χ2n) is 5.18. The Kier molecular flexibility index (Phi) is 4.43. The fraction of sp³-hybridized carbons (Fsp3) is 0.0526. The van der Waals surface area contributed by atoms with Crippen molar-refractivity contribution in [1.82, 2.24) is 4.98 Å². The highest BCUT2D eigenvalue weighted by molar-refractivity contribution is 6.04. The zero-order valence-electron chi connectivity index (χ0n) is 13.1. The number of nitrogens with one attached hydrogen (secondary N) is 2. The number of methoxy groups -OCH3 is 1. The molecular weight excluding hydrogens is 304 g/mol. The van der Waals surface area contributed by atoms with Gasteiger partial charge in [0.05, 0.1) is 12.7 Å². The van der Waals surface area contributed by atoms with E-state index in [1.165, 1.54) is 6.20 Å². The van der Waals surface area contributed by atoms with Gasteiger partial charge in [0.15, 0.2) is 0 Å². The number of aromatic nitrogens is 1. The second-order valence-corrected chi connectivity index (χ2v) is 5.18. The summed E-state index contributed by atoms with van der Waals surface area (Å²) >= 11 is 0. The Balaban J connectivity index is 1.89. The molecule has 1 aromatic heterocycles. The molecule has 0 bridgehead atoms. The minimum atomic E-state index is -0.309. The van der Waals surface area contributed by atoms with Crippen LogP contribution in [0, 0.1) is 0 Å². The lowest BCUT2D eigenvalue weighted by Gasteiger charge is -2.08. The molecule has 3 aromatic rings. The maximum atomic E-state index is 12.4. The predicted molar refractivity (Wildman–Crippen MR) is 93.4 cm³/mol. The Morgan fingerprint density at radius 2 is 1.83 bits per heavy atom. The van der Waals surface area contributed by atoms with E-state index in [-0.39, 0.29) is 11.5 Å². The lowest BCUT2D eigenvalue weighted by Crippen LogP contribution is -2.16. The number of pyridine rings is 1. The van der Waals surface area contributed by atoms with Gasteiger partial charge < -0.3 is 15.0 Å². The highest BCUT2D eigenvalue weighted by Crippen LogP contribution is 2.19. The number of amides is 1. The smallest absolute Gasteiger partial charge is 0.257 e. The molecule has 0 aliphatic heterocycles. The third kappa shape index (κ3) is 3.35. The van der Waals surface area contributed by atoms with E-state index >= 15 is 0 Å². The highest BCUT2D eigenvalue weighted by atomic mass is 16.5. The molecule has 0 radical (unpaired) electrons. The zero-order chi connectivity index (χ0) is 16.9. The van der Waals surface area contributed by atoms with Crippen LogP contribution in [0.1, 0.15) is 10.4 Å². The zero-order valence-corrected chi connectivity index (χ0v) is 13.1. The molecule has 5 nitrogen and oxygen atoms in total. The van der Waals surface area contributed by atoms with Crippen LogP contribution < -0.4 is 15.6 Å². The standard InChI is InChI=1S/C19H16N2O3/c1-24-16-9-5-8-15(11-16)21-18(22)14-10-17(19(23)20-12-14)13-6-3-2-4-7-13/h2-12H,1H3,(H,20,23)(H,21,22). The van der Waals surface area contributed by atoms with E-state index in [1.807, 2.05) is 30.3 Å². The number of anilines is 1. The van der Waals surface area contributed by atoms with Gasteiger partial charge in [-0.3, -0.25) is 9.59 Å². The van der Waals surface area contributed by atoms with Crippen LogP contribution in [0.5, 0.6) is 5.75 Å². The fourth-order valence-electron chi connectivity index (χ4n) is 2.35. The second kappa shape index (κ2) is 6.83. The van der Waals surface area contributed by atoms with Gasteiger partial charge in [-0.15, -0.1) is 0 Å². The third-order valence-corrected chi connectivity index (χ3v) is 3.58. The van der Waals surface area contributed by atoms with E-state index < -0.39 is 0 Å². The van der Waals surface area contributed by atoms with Gasteiger partial charge in [-0.05, 0) is 23.8 Å². The molecule has 5 heteroatoms. The molecule has 0 atom stereocenters. The number of hydrogen-bond acceptors (Lipinski definition) is 3. The minimum Gasteiger partial charge on any atom is -0.497 e. The molecule has 0 aliphatic carbocycles. The van der Waals surface area contributed by atoms with Crippen molar-refractivity contribution < 1.29 is 9.53 Å². The first kappa shape index (κ1) is 15.6. The van der Waals surface area contributed by atoms with E-state index in [2.05, 4.69) is 10.3 Å². The van der Waals surface area contributed by atoms with E-state index in [4.69, 9.17) is 4.74 Å². The van der Waals surface area contributed by atoms with Gasteiger partial charge in [0.2, 0.25) is 0 Å². The molecule has 0 unspecified atom stereocenters. The largest absolute Gasteiger partial charge is 0.497 e. The van der Waals surface area contributed by atoms with Crippen molar-refractivity contribution >= 4 is 11.6 Å². The monoisotopic (exact) mass is 320 g/mol. The lowest BCUT2D eigenvalue weighted by atomic mass is 10.1. The molecule has 1 heterocycles. The van der Waals surface area contributed by atoms with Crippen molar-refractivity contribution in [3.63, 3.8) is 0 Å². The Morgan fingerprint density at radius 3 is 2.58 bits per heavy atom. The Morgan fingerprint density at radius 1 is 1.04 bits per heavy atom. The number of benzene rings is 2. The average Bonchev–Trinajstić information content (AvgIpc) is 2.63. The molecule has 120 valence electrons. The maximum absolute atomic E-state index is 12.4. The molecule has 1 amide bonds. The third-order valence-electron chi connectivity index (χ3n) is 3.58. The first-order valence-corrected chi connectivity index (χ1v) is 7.41. The molecule has 0 aliphatic rings. The van der Waals surface area contributed by atoms with E-state index in [0.717, 1.165) is 5.56 Å². The highest BCUT2D eigenvalue weighted by Gasteiger charge is 2.11. The molecule has 2 N–H and O–H groups in total. The van der Waals surface area contributed by atoms with Crippen LogP contribution in [-0.2, 0) is 0 Å². The first-order valence-electron chi connectivity index (χ1n) is 7.41. The van der Waals surface area contributed by atoms with Crippen molar-refractivity contribution in [1.29, 1.82) is 0 Å². The Labute approximate surface area is 138 Å². The van der Waals surface area contributed by atoms with Crippen LogP contribution in [0.4, 0.5) is 5.69 Å². The van der Waals surface area contributed by atoms with Gasteiger partial charge in [-0.2, -0.15) is 0 Å². The average molecular weight is 320 g/mol. The summed E-state index contributed by atoms with van der Waals surface area (Å²) in [5, 5.41) is 2.79. The van der Waals surface area contributed by atoms with Gasteiger partial charge in [-0.1, -0.05) is 36.4 Å². The molecule has 0 saturated heterocycles. The van der Waals surface area contributed by atoms with Crippen molar-refractivity contribution in [2.24, 2.45) is 0 Å². The van der Waals surface area contributed by atoms with Gasteiger partial charge in [0.25, 0.3) is 11.5 Å². The number of hydrogen-bond donors (Lipinski definition) is 2. The number of aromatic amines is 1. The fourth-order valence-corrected chi connectivity index (χ4v) is 2.35. The normalized spacial score (nSPS) is 10.2. The van der Waals surface area contributed by atoms with Crippen LogP contribution >= 0.6 is 0 Å². The molecular formula is C19H16N2O3. The summed E-state index contributed by atoms with van der Waals surface area (Å²) < 4.78 is 5.14.